The van der Waals surface area contributed by atoms with Gasteiger partial charge in [0.1, 0.15) is 5.75 Å². The van der Waals surface area contributed by atoms with E-state index in [1.807, 2.05) is 27.0 Å². The van der Waals surface area contributed by atoms with Crippen molar-refractivity contribution in [2.24, 2.45) is 0 Å². The Labute approximate surface area is 119 Å². The molecule has 1 aromatic carbocycles. The van der Waals surface area contributed by atoms with Gasteiger partial charge in [-0.15, -0.1) is 0 Å². The monoisotopic (exact) mass is 284 g/mol. The van der Waals surface area contributed by atoms with Crippen molar-refractivity contribution in [3.63, 3.8) is 0 Å². The molecule has 5 heteroatoms. The Morgan fingerprint density at radius 2 is 2.05 bits per heavy atom. The molecular weight excluding hydrogens is 264 g/mol. The highest BCUT2D eigenvalue weighted by atomic mass is 35.5. The van der Waals surface area contributed by atoms with Crippen LogP contribution in [0.25, 0.3) is 0 Å². The third-order valence-electron chi connectivity index (χ3n) is 2.86. The summed E-state index contributed by atoms with van der Waals surface area (Å²) in [5.41, 5.74) is 0.947. The predicted molar refractivity (Wildman–Crippen MR) is 77.6 cm³/mol. The highest BCUT2D eigenvalue weighted by Crippen LogP contribution is 2.22. The van der Waals surface area contributed by atoms with Gasteiger partial charge < -0.3 is 15.0 Å². The largest absolute Gasteiger partial charge is 0.483 e. The second-order valence-electron chi connectivity index (χ2n) is 4.14. The number of hydrogen-bond acceptors (Lipinski definition) is 3. The zero-order valence-electron chi connectivity index (χ0n) is 11.7. The van der Waals surface area contributed by atoms with Gasteiger partial charge in [-0.1, -0.05) is 11.6 Å². The van der Waals surface area contributed by atoms with Crippen LogP contribution in [0.5, 0.6) is 5.75 Å². The lowest BCUT2D eigenvalue weighted by molar-refractivity contribution is -0.132. The van der Waals surface area contributed by atoms with Gasteiger partial charge in [-0.25, -0.2) is 0 Å². The van der Waals surface area contributed by atoms with E-state index in [0.29, 0.717) is 30.4 Å². The molecule has 19 heavy (non-hydrogen) atoms. The van der Waals surface area contributed by atoms with Gasteiger partial charge in [0.25, 0.3) is 5.91 Å². The van der Waals surface area contributed by atoms with Crippen molar-refractivity contribution in [1.82, 2.24) is 10.2 Å². The zero-order chi connectivity index (χ0) is 14.3. The standard InChI is InChI=1S/C14H21ClN2O2/c1-4-17(5-2)14(18)10-19-13-7-6-12(15)8-11(13)9-16-3/h6-8,16H,4-5,9-10H2,1-3H3. The first-order chi connectivity index (χ1) is 9.12. The minimum absolute atomic E-state index is 0.00430. The molecule has 0 saturated heterocycles. The first-order valence-corrected chi connectivity index (χ1v) is 6.83. The number of ether oxygens (including phenoxy) is 1. The summed E-state index contributed by atoms with van der Waals surface area (Å²) >= 11 is 5.95. The molecule has 106 valence electrons. The van der Waals surface area contributed by atoms with Crippen LogP contribution in [0.4, 0.5) is 0 Å². The Morgan fingerprint density at radius 3 is 2.63 bits per heavy atom. The molecule has 0 radical (unpaired) electrons. The smallest absolute Gasteiger partial charge is 0.260 e. The SMILES string of the molecule is CCN(CC)C(=O)COc1ccc(Cl)cc1CNC. The number of rotatable bonds is 7. The Bertz CT molecular complexity index is 420. The molecule has 1 N–H and O–H groups in total. The number of amides is 1. The van der Waals surface area contributed by atoms with Gasteiger partial charge in [0.2, 0.25) is 0 Å². The van der Waals surface area contributed by atoms with Gasteiger partial charge in [-0.2, -0.15) is 0 Å². The van der Waals surface area contributed by atoms with Crippen molar-refractivity contribution in [1.29, 1.82) is 0 Å². The van der Waals surface area contributed by atoms with Gasteiger partial charge in [-0.05, 0) is 39.1 Å². The number of hydrogen-bond donors (Lipinski definition) is 1. The number of likely N-dealkylation sites (N-methyl/N-ethyl adjacent to an activating group) is 1. The summed E-state index contributed by atoms with van der Waals surface area (Å²) in [6.07, 6.45) is 0. The molecule has 0 bridgehead atoms. The average Bonchev–Trinajstić information content (AvgIpc) is 2.39. The van der Waals surface area contributed by atoms with Crippen LogP contribution in [0, 0.1) is 0 Å². The maximum absolute atomic E-state index is 11.9. The lowest BCUT2D eigenvalue weighted by atomic mass is 10.2. The number of nitrogens with zero attached hydrogens (tertiary/aromatic N) is 1. The van der Waals surface area contributed by atoms with E-state index in [1.54, 1.807) is 17.0 Å². The summed E-state index contributed by atoms with van der Waals surface area (Å²) in [6, 6.07) is 5.40. The summed E-state index contributed by atoms with van der Waals surface area (Å²) < 4.78 is 5.60. The molecule has 0 fully saturated rings. The van der Waals surface area contributed by atoms with E-state index in [2.05, 4.69) is 5.32 Å². The first kappa shape index (κ1) is 15.8. The van der Waals surface area contributed by atoms with E-state index in [0.717, 1.165) is 5.56 Å². The minimum Gasteiger partial charge on any atom is -0.483 e. The topological polar surface area (TPSA) is 41.6 Å². The maximum Gasteiger partial charge on any atom is 0.260 e. The number of carbonyl (C=O) groups is 1. The fourth-order valence-corrected chi connectivity index (χ4v) is 2.02. The van der Waals surface area contributed by atoms with Gasteiger partial charge in [0, 0.05) is 30.2 Å². The van der Waals surface area contributed by atoms with Crippen molar-refractivity contribution < 1.29 is 9.53 Å². The average molecular weight is 285 g/mol. The van der Waals surface area contributed by atoms with Crippen molar-refractivity contribution in [3.8, 4) is 5.75 Å². The Kier molecular flexibility index (Phi) is 6.67. The number of halogens is 1. The molecule has 0 aliphatic carbocycles. The molecular formula is C14H21ClN2O2. The first-order valence-electron chi connectivity index (χ1n) is 6.45. The summed E-state index contributed by atoms with van der Waals surface area (Å²) in [5.74, 6) is 0.689. The van der Waals surface area contributed by atoms with Crippen molar-refractivity contribution in [2.75, 3.05) is 26.7 Å². The van der Waals surface area contributed by atoms with E-state index in [4.69, 9.17) is 16.3 Å². The molecule has 4 nitrogen and oxygen atoms in total. The van der Waals surface area contributed by atoms with Crippen LogP contribution in [0.15, 0.2) is 18.2 Å². The van der Waals surface area contributed by atoms with E-state index < -0.39 is 0 Å². The maximum atomic E-state index is 11.9. The summed E-state index contributed by atoms with van der Waals surface area (Å²) in [5, 5.41) is 3.71. The number of carbonyl (C=O) groups excluding carboxylic acids is 1. The summed E-state index contributed by atoms with van der Waals surface area (Å²) in [6.45, 7) is 6.01. The molecule has 0 aliphatic rings. The molecule has 0 aromatic heterocycles. The minimum atomic E-state index is -0.00430. The highest BCUT2D eigenvalue weighted by molar-refractivity contribution is 6.30. The third kappa shape index (κ3) is 4.73. The van der Waals surface area contributed by atoms with Crippen LogP contribution in [-0.4, -0.2) is 37.6 Å². The summed E-state index contributed by atoms with van der Waals surface area (Å²) in [4.78, 5) is 13.6. The van der Waals surface area contributed by atoms with Crippen LogP contribution in [-0.2, 0) is 11.3 Å². The van der Waals surface area contributed by atoms with Crippen LogP contribution in [0.2, 0.25) is 5.02 Å². The van der Waals surface area contributed by atoms with Crippen LogP contribution < -0.4 is 10.1 Å². The predicted octanol–water partition coefficient (Wildman–Crippen LogP) is 2.31. The Hall–Kier alpha value is -1.26. The quantitative estimate of drug-likeness (QED) is 0.835. The molecule has 1 aromatic rings. The van der Waals surface area contributed by atoms with Crippen molar-refractivity contribution >= 4 is 17.5 Å². The van der Waals surface area contributed by atoms with Crippen LogP contribution >= 0.6 is 11.6 Å². The normalized spacial score (nSPS) is 10.3. The molecule has 0 heterocycles. The van der Waals surface area contributed by atoms with Gasteiger partial charge in [0.05, 0.1) is 0 Å². The van der Waals surface area contributed by atoms with Gasteiger partial charge in [-0.3, -0.25) is 4.79 Å². The second kappa shape index (κ2) is 8.02. The van der Waals surface area contributed by atoms with Crippen molar-refractivity contribution in [3.05, 3.63) is 28.8 Å². The van der Waals surface area contributed by atoms with Crippen LogP contribution in [0.3, 0.4) is 0 Å². The molecule has 1 amide bonds. The van der Waals surface area contributed by atoms with Crippen molar-refractivity contribution in [2.45, 2.75) is 20.4 Å². The van der Waals surface area contributed by atoms with E-state index in [1.165, 1.54) is 0 Å². The fourth-order valence-electron chi connectivity index (χ4n) is 1.82. The highest BCUT2D eigenvalue weighted by Gasteiger charge is 2.11. The molecule has 0 aliphatic heterocycles. The Morgan fingerprint density at radius 1 is 1.37 bits per heavy atom. The Balaban J connectivity index is 2.69. The van der Waals surface area contributed by atoms with E-state index in [-0.39, 0.29) is 12.5 Å². The third-order valence-corrected chi connectivity index (χ3v) is 3.09. The molecule has 0 atom stereocenters. The molecule has 0 spiro atoms. The van der Waals surface area contributed by atoms with Gasteiger partial charge in [0.15, 0.2) is 6.61 Å². The number of benzene rings is 1. The van der Waals surface area contributed by atoms with E-state index >= 15 is 0 Å². The summed E-state index contributed by atoms with van der Waals surface area (Å²) in [7, 11) is 1.85. The lowest BCUT2D eigenvalue weighted by Gasteiger charge is -2.19. The number of nitrogens with one attached hydrogen (secondary N) is 1. The fraction of sp³-hybridized carbons (Fsp3) is 0.500. The molecule has 1 rings (SSSR count). The van der Waals surface area contributed by atoms with E-state index in [9.17, 15) is 4.79 Å². The molecule has 0 saturated carbocycles. The lowest BCUT2D eigenvalue weighted by Crippen LogP contribution is -2.34. The van der Waals surface area contributed by atoms with Gasteiger partial charge >= 0.3 is 0 Å². The second-order valence-corrected chi connectivity index (χ2v) is 4.57. The zero-order valence-corrected chi connectivity index (χ0v) is 12.5. The van der Waals surface area contributed by atoms with Crippen LogP contribution in [0.1, 0.15) is 19.4 Å². The molecule has 0 unspecified atom stereocenters.